The van der Waals surface area contributed by atoms with E-state index in [-0.39, 0.29) is 5.78 Å². The number of ether oxygens (including phenoxy) is 2. The van der Waals surface area contributed by atoms with Crippen LogP contribution in [0.2, 0.25) is 5.02 Å². The molecule has 5 heteroatoms. The van der Waals surface area contributed by atoms with E-state index in [1.165, 1.54) is 0 Å². The Morgan fingerprint density at radius 3 is 2.71 bits per heavy atom. The highest BCUT2D eigenvalue weighted by Crippen LogP contribution is 2.43. The van der Waals surface area contributed by atoms with Gasteiger partial charge in [0.2, 0.25) is 5.78 Å². The lowest BCUT2D eigenvalue weighted by Crippen LogP contribution is -2.32. The Kier molecular flexibility index (Phi) is 5.05. The van der Waals surface area contributed by atoms with Crippen LogP contribution in [0.3, 0.4) is 0 Å². The highest BCUT2D eigenvalue weighted by molar-refractivity contribution is 6.31. The van der Waals surface area contributed by atoms with Gasteiger partial charge >= 0.3 is 0 Å². The van der Waals surface area contributed by atoms with Crippen LogP contribution in [-0.4, -0.2) is 17.4 Å². The topological polar surface area (TPSA) is 38.8 Å². The molecule has 0 bridgehead atoms. The second kappa shape index (κ2) is 7.88. The monoisotopic (exact) mass is 431 g/mol. The fourth-order valence-corrected chi connectivity index (χ4v) is 4.37. The summed E-state index contributed by atoms with van der Waals surface area (Å²) < 4.78 is 12.1. The number of halogens is 1. The van der Waals surface area contributed by atoms with Crippen molar-refractivity contribution in [3.8, 4) is 11.5 Å². The number of carbonyl (C=O) groups excluding carboxylic acids is 1. The van der Waals surface area contributed by atoms with Gasteiger partial charge in [0.25, 0.3) is 0 Å². The van der Waals surface area contributed by atoms with Gasteiger partial charge in [-0.05, 0) is 43.2 Å². The Hall–Kier alpha value is -3.08. The lowest BCUT2D eigenvalue weighted by atomic mass is 9.99. The van der Waals surface area contributed by atoms with E-state index < -0.39 is 0 Å². The van der Waals surface area contributed by atoms with Gasteiger partial charge in [-0.25, -0.2) is 0 Å². The molecule has 2 aliphatic heterocycles. The van der Waals surface area contributed by atoms with Gasteiger partial charge in [-0.2, -0.15) is 0 Å². The molecule has 0 radical (unpaired) electrons. The molecule has 4 nitrogen and oxygen atoms in total. The first-order chi connectivity index (χ1) is 15.0. The van der Waals surface area contributed by atoms with Gasteiger partial charge in [0.05, 0.1) is 5.56 Å². The third-order valence-electron chi connectivity index (χ3n) is 5.69. The number of ketones is 1. The van der Waals surface area contributed by atoms with Crippen LogP contribution in [0.15, 0.2) is 60.4 Å². The maximum atomic E-state index is 13.1. The Bertz CT molecular complexity index is 1230. The SMILES string of the molecule is Cc1cccc(/C=C2\Oc3c(cc4c(c3C)OCN(Cc3ccccc3Cl)C4)C2=O)c1. The van der Waals surface area contributed by atoms with Gasteiger partial charge in [-0.3, -0.25) is 9.69 Å². The van der Waals surface area contributed by atoms with Crippen molar-refractivity contribution in [1.29, 1.82) is 0 Å². The second-order valence-electron chi connectivity index (χ2n) is 8.07. The first-order valence-electron chi connectivity index (χ1n) is 10.3. The van der Waals surface area contributed by atoms with E-state index in [2.05, 4.69) is 4.90 Å². The predicted octanol–water partition coefficient (Wildman–Crippen LogP) is 5.93. The van der Waals surface area contributed by atoms with Gasteiger partial charge < -0.3 is 9.47 Å². The predicted molar refractivity (Wildman–Crippen MR) is 121 cm³/mol. The van der Waals surface area contributed by atoms with Crippen molar-refractivity contribution in [1.82, 2.24) is 4.90 Å². The minimum atomic E-state index is -0.0920. The number of benzene rings is 3. The summed E-state index contributed by atoms with van der Waals surface area (Å²) in [5.41, 5.74) is 5.58. The first-order valence-corrected chi connectivity index (χ1v) is 10.6. The summed E-state index contributed by atoms with van der Waals surface area (Å²) in [6, 6.07) is 17.7. The van der Waals surface area contributed by atoms with Crippen molar-refractivity contribution in [3.63, 3.8) is 0 Å². The lowest BCUT2D eigenvalue weighted by Gasteiger charge is -2.30. The van der Waals surface area contributed by atoms with Crippen LogP contribution in [-0.2, 0) is 13.1 Å². The van der Waals surface area contributed by atoms with Crippen LogP contribution >= 0.6 is 11.6 Å². The number of aryl methyl sites for hydroxylation is 1. The second-order valence-corrected chi connectivity index (χ2v) is 8.48. The smallest absolute Gasteiger partial charge is 0.231 e. The maximum absolute atomic E-state index is 13.1. The molecule has 5 rings (SSSR count). The number of Topliss-reactive ketones (excluding diaryl/α,β-unsaturated/α-hetero) is 1. The van der Waals surface area contributed by atoms with E-state index in [1.54, 1.807) is 6.08 Å². The number of nitrogens with zero attached hydrogens (tertiary/aromatic N) is 1. The average molecular weight is 432 g/mol. The zero-order valence-corrected chi connectivity index (χ0v) is 18.2. The number of hydrogen-bond acceptors (Lipinski definition) is 4. The van der Waals surface area contributed by atoms with Crippen molar-refractivity contribution < 1.29 is 14.3 Å². The van der Waals surface area contributed by atoms with Gasteiger partial charge in [0.15, 0.2) is 5.76 Å². The van der Waals surface area contributed by atoms with Crippen molar-refractivity contribution in [2.45, 2.75) is 26.9 Å². The molecule has 0 unspecified atom stereocenters. The fourth-order valence-electron chi connectivity index (χ4n) is 4.18. The molecule has 0 N–H and O–H groups in total. The van der Waals surface area contributed by atoms with Gasteiger partial charge in [-0.15, -0.1) is 0 Å². The molecule has 3 aromatic rings. The molecule has 31 heavy (non-hydrogen) atoms. The minimum Gasteiger partial charge on any atom is -0.477 e. The van der Waals surface area contributed by atoms with Crippen molar-refractivity contribution in [2.24, 2.45) is 0 Å². The summed E-state index contributed by atoms with van der Waals surface area (Å²) in [6.45, 7) is 5.79. The summed E-state index contributed by atoms with van der Waals surface area (Å²) in [7, 11) is 0. The zero-order valence-electron chi connectivity index (χ0n) is 17.4. The van der Waals surface area contributed by atoms with Gasteiger partial charge in [-0.1, -0.05) is 59.6 Å². The molecule has 0 atom stereocenters. The number of carbonyl (C=O) groups is 1. The summed E-state index contributed by atoms with van der Waals surface area (Å²) >= 11 is 6.32. The molecule has 2 aliphatic rings. The van der Waals surface area contributed by atoms with Crippen LogP contribution in [0.5, 0.6) is 11.5 Å². The average Bonchev–Trinajstić information content (AvgIpc) is 3.06. The molecule has 2 heterocycles. The van der Waals surface area contributed by atoms with Crippen LogP contribution in [0.4, 0.5) is 0 Å². The number of allylic oxidation sites excluding steroid dienone is 1. The Labute approximate surface area is 186 Å². The van der Waals surface area contributed by atoms with Crippen molar-refractivity contribution in [3.05, 3.63) is 98.8 Å². The van der Waals surface area contributed by atoms with E-state index in [0.717, 1.165) is 38.6 Å². The molecule has 0 saturated carbocycles. The van der Waals surface area contributed by atoms with E-state index in [9.17, 15) is 4.79 Å². The number of hydrogen-bond donors (Lipinski definition) is 0. The van der Waals surface area contributed by atoms with Crippen molar-refractivity contribution in [2.75, 3.05) is 6.73 Å². The van der Waals surface area contributed by atoms with Crippen LogP contribution in [0.1, 0.15) is 38.2 Å². The molecule has 0 saturated heterocycles. The van der Waals surface area contributed by atoms with E-state index in [4.69, 9.17) is 21.1 Å². The largest absolute Gasteiger partial charge is 0.477 e. The van der Waals surface area contributed by atoms with Gasteiger partial charge in [0, 0.05) is 29.2 Å². The summed E-state index contributed by atoms with van der Waals surface area (Å²) in [4.78, 5) is 15.2. The van der Waals surface area contributed by atoms with Gasteiger partial charge in [0.1, 0.15) is 18.2 Å². The maximum Gasteiger partial charge on any atom is 0.231 e. The zero-order chi connectivity index (χ0) is 21.5. The molecule has 0 fully saturated rings. The Morgan fingerprint density at radius 1 is 1.06 bits per heavy atom. The highest BCUT2D eigenvalue weighted by atomic mass is 35.5. The lowest BCUT2D eigenvalue weighted by molar-refractivity contribution is 0.0877. The molecular formula is C26H22ClNO3. The van der Waals surface area contributed by atoms with Crippen LogP contribution in [0, 0.1) is 13.8 Å². The van der Waals surface area contributed by atoms with E-state index in [0.29, 0.717) is 36.9 Å². The molecular weight excluding hydrogens is 410 g/mol. The molecule has 156 valence electrons. The Balaban J connectivity index is 1.43. The third kappa shape index (κ3) is 3.73. The quantitative estimate of drug-likeness (QED) is 0.482. The minimum absolute atomic E-state index is 0.0920. The standard InChI is InChI=1S/C26H22ClNO3/c1-16-6-5-7-18(10-16)11-23-24(29)21-12-20-14-28(13-19-8-3-4-9-22(19)27)15-30-25(20)17(2)26(21)31-23/h3-12H,13-15H2,1-2H3/b23-11-. The number of rotatable bonds is 3. The third-order valence-corrected chi connectivity index (χ3v) is 6.06. The molecule has 0 aromatic heterocycles. The molecule has 0 spiro atoms. The Morgan fingerprint density at radius 2 is 1.90 bits per heavy atom. The fraction of sp³-hybridized carbons (Fsp3) is 0.192. The molecule has 0 aliphatic carbocycles. The van der Waals surface area contributed by atoms with E-state index >= 15 is 0 Å². The molecule has 0 amide bonds. The highest BCUT2D eigenvalue weighted by Gasteiger charge is 2.33. The summed E-state index contributed by atoms with van der Waals surface area (Å²) in [6.07, 6.45) is 1.80. The normalized spacial score (nSPS) is 16.6. The molecule has 3 aromatic carbocycles. The van der Waals surface area contributed by atoms with E-state index in [1.807, 2.05) is 68.4 Å². The van der Waals surface area contributed by atoms with Crippen LogP contribution < -0.4 is 9.47 Å². The summed E-state index contributed by atoms with van der Waals surface area (Å²) in [5, 5.41) is 0.743. The van der Waals surface area contributed by atoms with Crippen molar-refractivity contribution >= 4 is 23.5 Å². The number of fused-ring (bicyclic) bond motifs is 2. The summed E-state index contributed by atoms with van der Waals surface area (Å²) in [5.74, 6) is 1.66. The van der Waals surface area contributed by atoms with Crippen LogP contribution in [0.25, 0.3) is 6.08 Å². The first kappa shape index (κ1) is 19.9.